The third-order valence-corrected chi connectivity index (χ3v) is 3.72. The molecular formula is C18H14N4O2S. The second kappa shape index (κ2) is 9.02. The van der Waals surface area contributed by atoms with Gasteiger partial charge < -0.3 is 15.4 Å². The highest BCUT2D eigenvalue weighted by Gasteiger charge is 2.11. The lowest BCUT2D eigenvalue weighted by molar-refractivity contribution is -0.112. The molecule has 25 heavy (non-hydrogen) atoms. The van der Waals surface area contributed by atoms with Crippen LogP contribution in [0.1, 0.15) is 0 Å². The lowest BCUT2D eigenvalue weighted by Crippen LogP contribution is -2.15. The number of para-hydroxylation sites is 2. The zero-order chi connectivity index (χ0) is 18.1. The summed E-state index contributed by atoms with van der Waals surface area (Å²) >= 11 is 1.06. The Morgan fingerprint density at radius 3 is 2.52 bits per heavy atom. The number of methoxy groups -OCH3 is 1. The molecule has 0 unspecified atom stereocenters. The Labute approximate surface area is 149 Å². The van der Waals surface area contributed by atoms with Crippen LogP contribution in [0.4, 0.5) is 11.4 Å². The van der Waals surface area contributed by atoms with E-state index in [4.69, 9.17) is 10.00 Å². The lowest BCUT2D eigenvalue weighted by Gasteiger charge is -2.09. The van der Waals surface area contributed by atoms with Gasteiger partial charge in [0.2, 0.25) is 0 Å². The molecule has 0 aliphatic carbocycles. The standard InChI is InChI=1S/C18H14N4O2S/c1-24-17-5-3-2-4-16(17)22-18(23)13(10-19)11-21-14-6-8-15(9-7-14)25-12-20/h2-9,11,21H,1H3,(H,22,23)/b13-11-. The molecule has 0 aromatic heterocycles. The number of hydrogen-bond donors (Lipinski definition) is 2. The molecule has 124 valence electrons. The van der Waals surface area contributed by atoms with Crippen LogP contribution >= 0.6 is 11.8 Å². The monoisotopic (exact) mass is 350 g/mol. The Morgan fingerprint density at radius 1 is 1.16 bits per heavy atom. The van der Waals surface area contributed by atoms with Crippen molar-refractivity contribution in [3.05, 3.63) is 60.3 Å². The fourth-order valence-corrected chi connectivity index (χ4v) is 2.29. The van der Waals surface area contributed by atoms with Crippen LogP contribution in [0, 0.1) is 22.0 Å². The lowest BCUT2D eigenvalue weighted by atomic mass is 10.2. The van der Waals surface area contributed by atoms with Gasteiger partial charge in [0.1, 0.15) is 22.8 Å². The number of nitrogens with zero attached hydrogens (tertiary/aromatic N) is 2. The minimum Gasteiger partial charge on any atom is -0.495 e. The van der Waals surface area contributed by atoms with Crippen LogP contribution in [0.25, 0.3) is 0 Å². The number of carbonyl (C=O) groups is 1. The smallest absolute Gasteiger partial charge is 0.267 e. The van der Waals surface area contributed by atoms with Gasteiger partial charge in [0.05, 0.1) is 12.8 Å². The van der Waals surface area contributed by atoms with Crippen molar-refractivity contribution in [2.75, 3.05) is 17.7 Å². The van der Waals surface area contributed by atoms with E-state index in [-0.39, 0.29) is 5.57 Å². The van der Waals surface area contributed by atoms with E-state index >= 15 is 0 Å². The van der Waals surface area contributed by atoms with E-state index in [1.807, 2.05) is 11.5 Å². The summed E-state index contributed by atoms with van der Waals surface area (Å²) in [5.74, 6) is -0.0390. The molecule has 7 heteroatoms. The van der Waals surface area contributed by atoms with Gasteiger partial charge in [0, 0.05) is 16.8 Å². The molecule has 2 aromatic rings. The first kappa shape index (κ1) is 17.9. The fraction of sp³-hybridized carbons (Fsp3) is 0.0556. The topological polar surface area (TPSA) is 97.9 Å². The predicted molar refractivity (Wildman–Crippen MR) is 96.9 cm³/mol. The van der Waals surface area contributed by atoms with Gasteiger partial charge in [-0.3, -0.25) is 4.79 Å². The van der Waals surface area contributed by atoms with Crippen molar-refractivity contribution in [2.45, 2.75) is 4.90 Å². The molecule has 0 radical (unpaired) electrons. The van der Waals surface area contributed by atoms with Crippen LogP contribution in [-0.4, -0.2) is 13.0 Å². The molecule has 0 atom stereocenters. The van der Waals surface area contributed by atoms with Gasteiger partial charge >= 0.3 is 0 Å². The zero-order valence-corrected chi connectivity index (χ0v) is 14.1. The summed E-state index contributed by atoms with van der Waals surface area (Å²) in [5, 5.41) is 25.3. The van der Waals surface area contributed by atoms with Crippen LogP contribution in [0.5, 0.6) is 5.75 Å². The summed E-state index contributed by atoms with van der Waals surface area (Å²) in [6.07, 6.45) is 1.33. The number of carbonyl (C=O) groups excluding carboxylic acids is 1. The Balaban J connectivity index is 2.07. The van der Waals surface area contributed by atoms with Gasteiger partial charge in [-0.15, -0.1) is 0 Å². The minimum absolute atomic E-state index is 0.0821. The highest BCUT2D eigenvalue weighted by Crippen LogP contribution is 2.23. The van der Waals surface area contributed by atoms with Crippen LogP contribution in [0.15, 0.2) is 65.2 Å². The van der Waals surface area contributed by atoms with Gasteiger partial charge in [0.15, 0.2) is 0 Å². The molecule has 1 amide bonds. The van der Waals surface area contributed by atoms with Crippen LogP contribution < -0.4 is 15.4 Å². The number of thioether (sulfide) groups is 1. The molecule has 0 aliphatic rings. The van der Waals surface area contributed by atoms with Crippen LogP contribution in [-0.2, 0) is 4.79 Å². The highest BCUT2D eigenvalue weighted by atomic mass is 32.2. The summed E-state index contributed by atoms with van der Waals surface area (Å²) < 4.78 is 5.16. The van der Waals surface area contributed by atoms with E-state index in [1.54, 1.807) is 48.5 Å². The third kappa shape index (κ3) is 5.03. The summed E-state index contributed by atoms with van der Waals surface area (Å²) in [7, 11) is 1.50. The average molecular weight is 350 g/mol. The quantitative estimate of drug-likeness (QED) is 0.356. The number of amides is 1. The zero-order valence-electron chi connectivity index (χ0n) is 13.3. The third-order valence-electron chi connectivity index (χ3n) is 3.12. The first-order valence-electron chi connectivity index (χ1n) is 7.15. The average Bonchev–Trinajstić information content (AvgIpc) is 2.64. The molecule has 0 aliphatic heterocycles. The number of thiocyanates is 1. The normalized spacial score (nSPS) is 10.3. The Kier molecular flexibility index (Phi) is 6.47. The number of benzene rings is 2. The maximum atomic E-state index is 12.2. The fourth-order valence-electron chi connectivity index (χ4n) is 1.91. The van der Waals surface area contributed by atoms with Crippen molar-refractivity contribution in [1.29, 1.82) is 10.5 Å². The highest BCUT2D eigenvalue weighted by molar-refractivity contribution is 8.03. The van der Waals surface area contributed by atoms with Crippen molar-refractivity contribution in [1.82, 2.24) is 0 Å². The molecule has 0 bridgehead atoms. The predicted octanol–water partition coefficient (Wildman–Crippen LogP) is 3.73. The number of anilines is 2. The largest absolute Gasteiger partial charge is 0.495 e. The number of ether oxygens (including phenoxy) is 1. The molecule has 0 fully saturated rings. The molecule has 0 saturated carbocycles. The van der Waals surface area contributed by atoms with Gasteiger partial charge in [0.25, 0.3) is 5.91 Å². The summed E-state index contributed by atoms with van der Waals surface area (Å²) in [4.78, 5) is 13.0. The molecule has 2 N–H and O–H groups in total. The van der Waals surface area contributed by atoms with Crippen molar-refractivity contribution in [3.8, 4) is 17.2 Å². The Hall–Kier alpha value is -3.42. The van der Waals surface area contributed by atoms with Crippen molar-refractivity contribution >= 4 is 29.0 Å². The molecule has 0 spiro atoms. The first-order valence-corrected chi connectivity index (χ1v) is 7.96. The van der Waals surface area contributed by atoms with Crippen molar-refractivity contribution in [2.24, 2.45) is 0 Å². The van der Waals surface area contributed by atoms with E-state index in [9.17, 15) is 10.1 Å². The van der Waals surface area contributed by atoms with Crippen LogP contribution in [0.2, 0.25) is 0 Å². The van der Waals surface area contributed by atoms with Gasteiger partial charge in [-0.05, 0) is 48.2 Å². The summed E-state index contributed by atoms with van der Waals surface area (Å²) in [5.41, 5.74) is 1.09. The summed E-state index contributed by atoms with van der Waals surface area (Å²) in [6, 6.07) is 15.8. The molecule has 0 heterocycles. The molecule has 2 aromatic carbocycles. The van der Waals surface area contributed by atoms with Crippen molar-refractivity contribution < 1.29 is 9.53 Å². The minimum atomic E-state index is -0.545. The maximum Gasteiger partial charge on any atom is 0.267 e. The SMILES string of the molecule is COc1ccccc1NC(=O)/C(C#N)=C\Nc1ccc(SC#N)cc1. The van der Waals surface area contributed by atoms with Crippen LogP contribution in [0.3, 0.4) is 0 Å². The van der Waals surface area contributed by atoms with Gasteiger partial charge in [-0.25, -0.2) is 0 Å². The number of nitrogens with one attached hydrogen (secondary N) is 2. The van der Waals surface area contributed by atoms with E-state index in [1.165, 1.54) is 13.3 Å². The number of nitriles is 2. The maximum absolute atomic E-state index is 12.2. The first-order chi connectivity index (χ1) is 12.2. The van der Waals surface area contributed by atoms with E-state index < -0.39 is 5.91 Å². The van der Waals surface area contributed by atoms with Gasteiger partial charge in [-0.2, -0.15) is 10.5 Å². The Morgan fingerprint density at radius 2 is 1.88 bits per heavy atom. The van der Waals surface area contributed by atoms with E-state index in [2.05, 4.69) is 10.6 Å². The number of hydrogen-bond acceptors (Lipinski definition) is 6. The molecule has 6 nitrogen and oxygen atoms in total. The second-order valence-corrected chi connectivity index (χ2v) is 5.54. The molecule has 0 saturated heterocycles. The molecular weight excluding hydrogens is 336 g/mol. The van der Waals surface area contributed by atoms with E-state index in [0.29, 0.717) is 17.1 Å². The number of rotatable bonds is 6. The second-order valence-electron chi connectivity index (χ2n) is 4.69. The van der Waals surface area contributed by atoms with Gasteiger partial charge in [-0.1, -0.05) is 12.1 Å². The van der Waals surface area contributed by atoms with Crippen molar-refractivity contribution in [3.63, 3.8) is 0 Å². The Bertz CT molecular complexity index is 864. The molecule has 2 rings (SSSR count). The summed E-state index contributed by atoms with van der Waals surface area (Å²) in [6.45, 7) is 0. The van der Waals surface area contributed by atoms with E-state index in [0.717, 1.165) is 16.7 Å².